The number of aliphatic hydroxyl groups is 1. The lowest BCUT2D eigenvalue weighted by atomic mass is 10.0. The van der Waals surface area contributed by atoms with Gasteiger partial charge in [-0.05, 0) is 37.5 Å². The first-order chi connectivity index (χ1) is 46.4. The third-order valence-corrected chi connectivity index (χ3v) is 19.9. The highest BCUT2D eigenvalue weighted by atomic mass is 31.2. The van der Waals surface area contributed by atoms with Crippen LogP contribution in [0.25, 0.3) is 0 Å². The smallest absolute Gasteiger partial charge is 0.462 e. The van der Waals surface area contributed by atoms with Gasteiger partial charge < -0.3 is 33.8 Å². The van der Waals surface area contributed by atoms with E-state index in [4.69, 9.17) is 37.0 Å². The SMILES string of the molecule is CCCCCCCCCCCCCCCCCCCCCCCC(=O)O[C@H](COC(=O)CCCCCCCCCCCCCCCC)COP(=O)(O)OC[C@@H](O)COP(=O)(O)OC[C@@H](COC(=O)CCCCCCCCCC(C)C)OC(=O)CCCCCCCCCCC(C)C. The van der Waals surface area contributed by atoms with Gasteiger partial charge in [-0.2, -0.15) is 0 Å². The molecule has 570 valence electrons. The summed E-state index contributed by atoms with van der Waals surface area (Å²) in [6.07, 6.45) is 57.1. The summed E-state index contributed by atoms with van der Waals surface area (Å²) in [6.45, 7) is 9.50. The predicted molar refractivity (Wildman–Crippen MR) is 391 cm³/mol. The molecule has 19 heteroatoms. The molecule has 17 nitrogen and oxygen atoms in total. The second kappa shape index (κ2) is 68.8. The molecule has 0 aromatic rings. The van der Waals surface area contributed by atoms with Crippen LogP contribution < -0.4 is 0 Å². The molecule has 0 aromatic carbocycles. The Labute approximate surface area is 588 Å². The molecule has 0 saturated heterocycles. The molecule has 0 rings (SSSR count). The van der Waals surface area contributed by atoms with Gasteiger partial charge in [0.15, 0.2) is 12.2 Å². The highest BCUT2D eigenvalue weighted by molar-refractivity contribution is 7.47. The molecule has 0 aliphatic carbocycles. The summed E-state index contributed by atoms with van der Waals surface area (Å²) >= 11 is 0. The van der Waals surface area contributed by atoms with E-state index in [0.29, 0.717) is 31.6 Å². The van der Waals surface area contributed by atoms with Crippen molar-refractivity contribution < 1.29 is 80.2 Å². The van der Waals surface area contributed by atoms with Crippen LogP contribution >= 0.6 is 15.6 Å². The van der Waals surface area contributed by atoms with Crippen LogP contribution in [0.3, 0.4) is 0 Å². The molecule has 0 aromatic heterocycles. The average molecular weight is 1410 g/mol. The van der Waals surface area contributed by atoms with E-state index in [-0.39, 0.29) is 25.7 Å². The Morgan fingerprint density at radius 2 is 0.479 bits per heavy atom. The molecule has 0 amide bonds. The zero-order chi connectivity index (χ0) is 70.7. The van der Waals surface area contributed by atoms with E-state index in [1.807, 2.05) is 0 Å². The highest BCUT2D eigenvalue weighted by Crippen LogP contribution is 2.45. The Bertz CT molecular complexity index is 1860. The first-order valence-corrected chi connectivity index (χ1v) is 43.0. The summed E-state index contributed by atoms with van der Waals surface area (Å²) in [5.74, 6) is -0.694. The summed E-state index contributed by atoms with van der Waals surface area (Å²) < 4.78 is 68.5. The molecule has 0 saturated carbocycles. The topological polar surface area (TPSA) is 237 Å². The molecule has 96 heavy (non-hydrogen) atoms. The summed E-state index contributed by atoms with van der Waals surface area (Å²) in [4.78, 5) is 72.8. The Morgan fingerprint density at radius 1 is 0.281 bits per heavy atom. The van der Waals surface area contributed by atoms with E-state index < -0.39 is 97.5 Å². The minimum atomic E-state index is -4.96. The van der Waals surface area contributed by atoms with Crippen molar-refractivity contribution in [3.8, 4) is 0 Å². The number of aliphatic hydroxyl groups excluding tert-OH is 1. The summed E-state index contributed by atoms with van der Waals surface area (Å²) in [5, 5.41) is 10.6. The van der Waals surface area contributed by atoms with Gasteiger partial charge in [-0.25, -0.2) is 9.13 Å². The fourth-order valence-electron chi connectivity index (χ4n) is 11.8. The quantitative estimate of drug-likeness (QED) is 0.0222. The molecule has 0 aliphatic rings. The van der Waals surface area contributed by atoms with Crippen LogP contribution in [0.1, 0.15) is 401 Å². The molecule has 0 aliphatic heterocycles. The van der Waals surface area contributed by atoms with Crippen molar-refractivity contribution in [2.45, 2.75) is 419 Å². The van der Waals surface area contributed by atoms with E-state index in [1.165, 1.54) is 212 Å². The lowest BCUT2D eigenvalue weighted by molar-refractivity contribution is -0.161. The number of hydrogen-bond acceptors (Lipinski definition) is 15. The number of carbonyl (C=O) groups is 4. The molecule has 3 N–H and O–H groups in total. The van der Waals surface area contributed by atoms with Crippen LogP contribution in [0.2, 0.25) is 0 Å². The van der Waals surface area contributed by atoms with Crippen molar-refractivity contribution in [2.75, 3.05) is 39.6 Å². The van der Waals surface area contributed by atoms with E-state index in [0.717, 1.165) is 102 Å². The van der Waals surface area contributed by atoms with Crippen molar-refractivity contribution in [1.82, 2.24) is 0 Å². The Morgan fingerprint density at radius 3 is 0.708 bits per heavy atom. The second-order valence-electron chi connectivity index (χ2n) is 28.7. The van der Waals surface area contributed by atoms with E-state index >= 15 is 0 Å². The largest absolute Gasteiger partial charge is 0.472 e. The monoisotopic (exact) mass is 1410 g/mol. The molecule has 5 atom stereocenters. The number of unbranched alkanes of at least 4 members (excludes halogenated alkanes) is 46. The second-order valence-corrected chi connectivity index (χ2v) is 31.6. The number of esters is 4. The van der Waals surface area contributed by atoms with Crippen molar-refractivity contribution >= 4 is 39.5 Å². The number of hydrogen-bond donors (Lipinski definition) is 3. The van der Waals surface area contributed by atoms with Crippen LogP contribution in [0.4, 0.5) is 0 Å². The lowest BCUT2D eigenvalue weighted by Gasteiger charge is -2.21. The molecular weight excluding hydrogens is 1260 g/mol. The summed E-state index contributed by atoms with van der Waals surface area (Å²) in [5.41, 5.74) is 0. The maximum atomic E-state index is 13.1. The highest BCUT2D eigenvalue weighted by Gasteiger charge is 2.30. The molecule has 0 bridgehead atoms. The molecule has 2 unspecified atom stereocenters. The minimum absolute atomic E-state index is 0.104. The molecule has 0 radical (unpaired) electrons. The summed E-state index contributed by atoms with van der Waals surface area (Å²) in [7, 11) is -9.91. The average Bonchev–Trinajstić information content (AvgIpc) is 3.31. The zero-order valence-electron chi connectivity index (χ0n) is 62.7. The van der Waals surface area contributed by atoms with E-state index in [1.54, 1.807) is 0 Å². The lowest BCUT2D eigenvalue weighted by Crippen LogP contribution is -2.30. The van der Waals surface area contributed by atoms with Gasteiger partial charge in [0.1, 0.15) is 19.3 Å². The van der Waals surface area contributed by atoms with E-state index in [9.17, 15) is 43.2 Å². The molecule has 0 fully saturated rings. The zero-order valence-corrected chi connectivity index (χ0v) is 64.5. The number of phosphoric acid groups is 2. The Balaban J connectivity index is 5.20. The van der Waals surface area contributed by atoms with Crippen LogP contribution in [0, 0.1) is 11.8 Å². The minimum Gasteiger partial charge on any atom is -0.462 e. The van der Waals surface area contributed by atoms with Crippen molar-refractivity contribution in [2.24, 2.45) is 11.8 Å². The Hall–Kier alpha value is -1.94. The summed E-state index contributed by atoms with van der Waals surface area (Å²) in [6, 6.07) is 0. The van der Waals surface area contributed by atoms with Crippen LogP contribution in [-0.2, 0) is 65.4 Å². The van der Waals surface area contributed by atoms with Gasteiger partial charge in [0.2, 0.25) is 0 Å². The number of ether oxygens (including phenoxy) is 4. The molecular formula is C77H150O17P2. The molecule has 0 spiro atoms. The van der Waals surface area contributed by atoms with Gasteiger partial charge >= 0.3 is 39.5 Å². The van der Waals surface area contributed by atoms with Crippen LogP contribution in [0.5, 0.6) is 0 Å². The van der Waals surface area contributed by atoms with Crippen LogP contribution in [-0.4, -0.2) is 96.7 Å². The predicted octanol–water partition coefficient (Wildman–Crippen LogP) is 22.7. The molecule has 0 heterocycles. The number of carbonyl (C=O) groups excluding carboxylic acids is 4. The van der Waals surface area contributed by atoms with Crippen molar-refractivity contribution in [3.05, 3.63) is 0 Å². The van der Waals surface area contributed by atoms with Crippen LogP contribution in [0.15, 0.2) is 0 Å². The standard InChI is InChI=1S/C77H150O17P2/c1-7-9-11-13-15-17-19-21-23-24-25-26-27-28-29-31-33-35-42-49-55-61-76(81)93-72(65-87-74(79)59-53-47-41-34-32-30-22-20-18-16-14-12-10-8-2)67-91-95(83,84)89-63-71(78)64-90-96(85,86)92-68-73(66-88-75(80)60-54-48-44-38-40-46-52-58-70(5)6)94-77(82)62-56-50-43-37-36-39-45-51-57-69(3)4/h69-73,78H,7-68H2,1-6H3,(H,83,84)(H,85,86)/t71-,72-,73-/m1/s1. The maximum absolute atomic E-state index is 13.1. The number of phosphoric ester groups is 2. The van der Waals surface area contributed by atoms with Gasteiger partial charge in [-0.1, -0.05) is 350 Å². The number of rotatable bonds is 76. The van der Waals surface area contributed by atoms with Crippen molar-refractivity contribution in [1.29, 1.82) is 0 Å². The van der Waals surface area contributed by atoms with Gasteiger partial charge in [-0.3, -0.25) is 37.3 Å². The Kier molecular flexibility index (Phi) is 67.4. The van der Waals surface area contributed by atoms with Gasteiger partial charge in [0.05, 0.1) is 26.4 Å². The fraction of sp³-hybridized carbons (Fsp3) is 0.948. The normalized spacial score (nSPS) is 14.0. The fourth-order valence-corrected chi connectivity index (χ4v) is 13.4. The van der Waals surface area contributed by atoms with E-state index in [2.05, 4.69) is 41.5 Å². The third kappa shape index (κ3) is 70.5. The van der Waals surface area contributed by atoms with Gasteiger partial charge in [0.25, 0.3) is 0 Å². The van der Waals surface area contributed by atoms with Crippen molar-refractivity contribution in [3.63, 3.8) is 0 Å². The maximum Gasteiger partial charge on any atom is 0.472 e. The van der Waals surface area contributed by atoms with Gasteiger partial charge in [-0.15, -0.1) is 0 Å². The first kappa shape index (κ1) is 94.1. The first-order valence-electron chi connectivity index (χ1n) is 40.0. The third-order valence-electron chi connectivity index (χ3n) is 18.0. The van der Waals surface area contributed by atoms with Gasteiger partial charge in [0, 0.05) is 25.7 Å².